The maximum absolute atomic E-state index is 13.3. The third-order valence-corrected chi connectivity index (χ3v) is 11.5. The van der Waals surface area contributed by atoms with E-state index in [1.807, 2.05) is 25.1 Å². The molecule has 6 nitrogen and oxygen atoms in total. The van der Waals surface area contributed by atoms with Crippen LogP contribution in [0.2, 0.25) is 5.02 Å². The lowest BCUT2D eigenvalue weighted by atomic mass is 9.66. The number of aryl methyl sites for hydroxylation is 1. The Hall–Kier alpha value is -2.38. The molecule has 6 unspecified atom stereocenters. The number of hydrogen-bond acceptors (Lipinski definition) is 5. The molecule has 2 aromatic rings. The van der Waals surface area contributed by atoms with Gasteiger partial charge in [-0.3, -0.25) is 9.52 Å². The first-order chi connectivity index (χ1) is 20.4. The number of aldehydes is 1. The van der Waals surface area contributed by atoms with Crippen LogP contribution in [0.5, 0.6) is 5.75 Å². The van der Waals surface area contributed by atoms with Gasteiger partial charge >= 0.3 is 0 Å². The average Bonchev–Trinajstić information content (AvgIpc) is 3.16. The zero-order valence-electron chi connectivity index (χ0n) is 25.0. The van der Waals surface area contributed by atoms with Crippen molar-refractivity contribution in [3.8, 4) is 5.75 Å². The van der Waals surface area contributed by atoms with Gasteiger partial charge in [0.25, 0.3) is 5.91 Å². The Morgan fingerprint density at radius 3 is 2.64 bits per heavy atom. The molecule has 0 saturated heterocycles. The van der Waals surface area contributed by atoms with E-state index in [4.69, 9.17) is 16.3 Å². The predicted molar refractivity (Wildman–Crippen MR) is 171 cm³/mol. The molecule has 2 bridgehead atoms. The fraction of sp³-hybridized carbons (Fsp3) is 0.588. The first kappa shape index (κ1) is 31.1. The molecule has 228 valence electrons. The van der Waals surface area contributed by atoms with Crippen molar-refractivity contribution in [3.05, 3.63) is 58.1 Å². The third kappa shape index (κ3) is 7.05. The molecule has 0 aromatic heterocycles. The van der Waals surface area contributed by atoms with Gasteiger partial charge in [0.1, 0.15) is 23.0 Å². The SMILES string of the molecule is CCCCc1cc(Cl)ccc1C1COc2ccc3cc2N(C1)CC1CCC1C(C=O)CCCCC(CC)S(=O)NC3=O. The van der Waals surface area contributed by atoms with Crippen LogP contribution in [0.3, 0.4) is 0 Å². The molecule has 42 heavy (non-hydrogen) atoms. The molecular weight excluding hydrogens is 568 g/mol. The molecule has 1 saturated carbocycles. The summed E-state index contributed by atoms with van der Waals surface area (Å²) in [6.07, 6.45) is 10.8. The fourth-order valence-corrected chi connectivity index (χ4v) is 8.40. The van der Waals surface area contributed by atoms with Crippen LogP contribution >= 0.6 is 11.6 Å². The third-order valence-electron chi connectivity index (χ3n) is 9.71. The number of nitrogens with zero attached hydrogens (tertiary/aromatic N) is 1. The number of benzene rings is 2. The number of halogens is 1. The number of unbranched alkanes of at least 4 members (excludes halogenated alkanes) is 1. The van der Waals surface area contributed by atoms with Gasteiger partial charge in [0.2, 0.25) is 0 Å². The number of carbonyl (C=O) groups excluding carboxylic acids is 2. The van der Waals surface area contributed by atoms with E-state index < -0.39 is 11.0 Å². The van der Waals surface area contributed by atoms with Crippen LogP contribution < -0.4 is 14.4 Å². The minimum atomic E-state index is -1.47. The highest BCUT2D eigenvalue weighted by molar-refractivity contribution is 7.84. The van der Waals surface area contributed by atoms with Gasteiger partial charge in [-0.05, 0) is 98.2 Å². The van der Waals surface area contributed by atoms with E-state index >= 15 is 0 Å². The van der Waals surface area contributed by atoms with E-state index in [-0.39, 0.29) is 23.0 Å². The summed E-state index contributed by atoms with van der Waals surface area (Å²) < 4.78 is 22.4. The van der Waals surface area contributed by atoms with Crippen LogP contribution in [0.15, 0.2) is 36.4 Å². The van der Waals surface area contributed by atoms with Crippen molar-refractivity contribution in [2.24, 2.45) is 17.8 Å². The molecule has 3 aliphatic rings. The van der Waals surface area contributed by atoms with Crippen molar-refractivity contribution in [2.75, 3.05) is 24.6 Å². The zero-order chi connectivity index (χ0) is 29.6. The van der Waals surface area contributed by atoms with E-state index in [2.05, 4.69) is 28.7 Å². The summed E-state index contributed by atoms with van der Waals surface area (Å²) in [6, 6.07) is 11.8. The van der Waals surface area contributed by atoms with Crippen LogP contribution in [0.1, 0.15) is 99.0 Å². The number of amides is 1. The van der Waals surface area contributed by atoms with Gasteiger partial charge in [0.15, 0.2) is 0 Å². The van der Waals surface area contributed by atoms with Crippen molar-refractivity contribution in [2.45, 2.75) is 89.2 Å². The molecule has 6 atom stereocenters. The lowest BCUT2D eigenvalue weighted by Gasteiger charge is -2.43. The van der Waals surface area contributed by atoms with Gasteiger partial charge in [-0.2, -0.15) is 0 Å². The maximum Gasteiger partial charge on any atom is 0.263 e. The van der Waals surface area contributed by atoms with Crippen molar-refractivity contribution < 1.29 is 18.5 Å². The smallest absolute Gasteiger partial charge is 0.263 e. The Morgan fingerprint density at radius 2 is 1.90 bits per heavy atom. The average molecular weight is 613 g/mol. The lowest BCUT2D eigenvalue weighted by molar-refractivity contribution is -0.115. The Bertz CT molecular complexity index is 1290. The predicted octanol–water partition coefficient (Wildman–Crippen LogP) is 7.25. The molecule has 0 spiro atoms. The summed E-state index contributed by atoms with van der Waals surface area (Å²) >= 11 is 6.44. The van der Waals surface area contributed by atoms with Gasteiger partial charge in [-0.25, -0.2) is 4.21 Å². The van der Waals surface area contributed by atoms with E-state index in [1.165, 1.54) is 17.4 Å². The number of carbonyl (C=O) groups is 2. The fourth-order valence-electron chi connectivity index (χ4n) is 7.05. The van der Waals surface area contributed by atoms with Crippen LogP contribution in [-0.2, 0) is 22.2 Å². The van der Waals surface area contributed by atoms with Crippen molar-refractivity contribution in [1.82, 2.24) is 4.72 Å². The topological polar surface area (TPSA) is 75.7 Å². The minimum absolute atomic E-state index is 0.0590. The van der Waals surface area contributed by atoms with E-state index in [0.29, 0.717) is 24.0 Å². The summed E-state index contributed by atoms with van der Waals surface area (Å²) in [7, 11) is -1.47. The molecule has 2 aliphatic heterocycles. The summed E-state index contributed by atoms with van der Waals surface area (Å²) in [4.78, 5) is 28.0. The summed E-state index contributed by atoms with van der Waals surface area (Å²) in [5, 5.41) is 0.652. The Balaban J connectivity index is 1.51. The molecule has 2 aromatic carbocycles. The molecule has 0 radical (unpaired) electrons. The quantitative estimate of drug-likeness (QED) is 0.348. The highest BCUT2D eigenvalue weighted by atomic mass is 35.5. The Morgan fingerprint density at radius 1 is 1.07 bits per heavy atom. The maximum atomic E-state index is 13.3. The molecule has 2 heterocycles. The highest BCUT2D eigenvalue weighted by Gasteiger charge is 2.39. The van der Waals surface area contributed by atoms with Crippen LogP contribution in [0.4, 0.5) is 5.69 Å². The molecule has 1 N–H and O–H groups in total. The van der Waals surface area contributed by atoms with Gasteiger partial charge in [-0.1, -0.05) is 50.8 Å². The first-order valence-corrected chi connectivity index (χ1v) is 17.5. The normalized spacial score (nSPS) is 28.5. The van der Waals surface area contributed by atoms with E-state index in [9.17, 15) is 13.8 Å². The monoisotopic (exact) mass is 612 g/mol. The number of nitrogens with one attached hydrogen (secondary N) is 1. The molecule has 8 heteroatoms. The van der Waals surface area contributed by atoms with Gasteiger partial charge in [0, 0.05) is 35.5 Å². The lowest BCUT2D eigenvalue weighted by Crippen LogP contribution is -2.43. The van der Waals surface area contributed by atoms with Crippen LogP contribution in [0, 0.1) is 17.8 Å². The van der Waals surface area contributed by atoms with Crippen LogP contribution in [0.25, 0.3) is 0 Å². The number of fused-ring (bicyclic) bond motifs is 2. The Labute approximate surface area is 258 Å². The molecule has 1 amide bonds. The standard InChI is InChI=1S/C34H45ClN2O4S/c1-3-5-8-23-17-28(35)13-15-30(23)27-20-37-19-25-11-14-31(25)26(21-38)9-6-7-10-29(4-2)42(40)36-34(39)24-12-16-33(41-22-27)32(37)18-24/h12-13,15-18,21,25-27,29,31H,3-11,14,19-20,22H2,1-2H3,(H,36,39). The number of ether oxygens (including phenoxy) is 1. The van der Waals surface area contributed by atoms with E-state index in [1.54, 1.807) is 6.07 Å². The number of hydrogen-bond donors (Lipinski definition) is 1. The molecular formula is C34H45ClN2O4S. The van der Waals surface area contributed by atoms with Crippen LogP contribution in [-0.4, -0.2) is 41.3 Å². The highest BCUT2D eigenvalue weighted by Crippen LogP contribution is 2.44. The second-order valence-corrected chi connectivity index (χ2v) is 14.3. The number of anilines is 1. The van der Waals surface area contributed by atoms with Gasteiger partial charge in [0.05, 0.1) is 17.5 Å². The molecule has 1 aliphatic carbocycles. The number of rotatable bonds is 6. The summed E-state index contributed by atoms with van der Waals surface area (Å²) in [6.45, 7) is 6.31. The van der Waals surface area contributed by atoms with Crippen molar-refractivity contribution >= 4 is 40.5 Å². The van der Waals surface area contributed by atoms with Gasteiger partial charge in [-0.15, -0.1) is 0 Å². The summed E-state index contributed by atoms with van der Waals surface area (Å²) in [5.74, 6) is 1.42. The second-order valence-electron chi connectivity index (χ2n) is 12.4. The minimum Gasteiger partial charge on any atom is -0.491 e. The summed E-state index contributed by atoms with van der Waals surface area (Å²) in [5.41, 5.74) is 3.92. The molecule has 1 fully saturated rings. The first-order valence-electron chi connectivity index (χ1n) is 15.9. The largest absolute Gasteiger partial charge is 0.491 e. The van der Waals surface area contributed by atoms with Crippen molar-refractivity contribution in [3.63, 3.8) is 0 Å². The molecule has 5 rings (SSSR count). The second kappa shape index (κ2) is 14.4. The Kier molecular flexibility index (Phi) is 10.6. The van der Waals surface area contributed by atoms with Crippen molar-refractivity contribution in [1.29, 1.82) is 0 Å². The zero-order valence-corrected chi connectivity index (χ0v) is 26.6. The van der Waals surface area contributed by atoms with Gasteiger partial charge < -0.3 is 14.4 Å². The van der Waals surface area contributed by atoms with E-state index in [0.717, 1.165) is 93.8 Å².